The molecule has 1 aliphatic heterocycles. The highest BCUT2D eigenvalue weighted by Crippen LogP contribution is 2.31. The minimum Gasteiger partial charge on any atom is -0.452 e. The molecule has 0 N–H and O–H groups in total. The molecule has 1 heterocycles. The van der Waals surface area contributed by atoms with Gasteiger partial charge in [-0.3, -0.25) is 14.9 Å². The third-order valence-electron chi connectivity index (χ3n) is 5.32. The summed E-state index contributed by atoms with van der Waals surface area (Å²) >= 11 is 0. The van der Waals surface area contributed by atoms with E-state index in [0.29, 0.717) is 12.2 Å². The second kappa shape index (κ2) is 10.1. The lowest BCUT2D eigenvalue weighted by atomic mass is 10.1. The summed E-state index contributed by atoms with van der Waals surface area (Å²) in [4.78, 5) is 39.7. The van der Waals surface area contributed by atoms with E-state index in [9.17, 15) is 19.7 Å². The van der Waals surface area contributed by atoms with E-state index in [1.807, 2.05) is 49.1 Å². The Morgan fingerprint density at radius 1 is 1.13 bits per heavy atom. The van der Waals surface area contributed by atoms with Gasteiger partial charge in [-0.05, 0) is 44.4 Å². The van der Waals surface area contributed by atoms with E-state index in [-0.39, 0.29) is 23.2 Å². The summed E-state index contributed by atoms with van der Waals surface area (Å²) in [7, 11) is 0. The number of nitrogens with zero attached hydrogens (tertiary/aromatic N) is 3. The fourth-order valence-corrected chi connectivity index (χ4v) is 3.65. The van der Waals surface area contributed by atoms with Crippen LogP contribution in [-0.4, -0.2) is 47.4 Å². The maximum Gasteiger partial charge on any atom is 0.338 e. The number of carbonyl (C=O) groups is 2. The largest absolute Gasteiger partial charge is 0.452 e. The van der Waals surface area contributed by atoms with Gasteiger partial charge in [0.15, 0.2) is 6.61 Å². The molecule has 0 aliphatic carbocycles. The minimum atomic E-state index is -0.757. The van der Waals surface area contributed by atoms with Crippen LogP contribution in [0.25, 0.3) is 0 Å². The molecule has 1 amide bonds. The van der Waals surface area contributed by atoms with E-state index < -0.39 is 17.5 Å². The fourth-order valence-electron chi connectivity index (χ4n) is 3.65. The van der Waals surface area contributed by atoms with Gasteiger partial charge in [0, 0.05) is 31.7 Å². The first-order valence-electron chi connectivity index (χ1n) is 10.4. The van der Waals surface area contributed by atoms with Crippen molar-refractivity contribution in [1.29, 1.82) is 0 Å². The quantitative estimate of drug-likeness (QED) is 0.363. The predicted octanol–water partition coefficient (Wildman–Crippen LogP) is 3.79. The Bertz CT molecular complexity index is 939. The highest BCUT2D eigenvalue weighted by atomic mass is 16.6. The van der Waals surface area contributed by atoms with Crippen molar-refractivity contribution >= 4 is 23.3 Å². The van der Waals surface area contributed by atoms with Crippen molar-refractivity contribution in [3.05, 3.63) is 69.8 Å². The van der Waals surface area contributed by atoms with Crippen molar-refractivity contribution < 1.29 is 19.2 Å². The fraction of sp³-hybridized carbons (Fsp3) is 0.391. The lowest BCUT2D eigenvalue weighted by molar-refractivity contribution is -0.384. The van der Waals surface area contributed by atoms with Gasteiger partial charge in [0.1, 0.15) is 5.69 Å². The topological polar surface area (TPSA) is 93.0 Å². The number of carbonyl (C=O) groups excluding carboxylic acids is 2. The number of anilines is 1. The number of ether oxygens (including phenoxy) is 1. The van der Waals surface area contributed by atoms with Crippen LogP contribution in [0.4, 0.5) is 11.4 Å². The van der Waals surface area contributed by atoms with Gasteiger partial charge in [0.25, 0.3) is 11.6 Å². The highest BCUT2D eigenvalue weighted by molar-refractivity contribution is 5.93. The standard InChI is InChI=1S/C23H27N3O5/c1-17(2)25(15-18-8-4-3-5-9-18)22(27)16-31-23(28)19-10-11-20(21(14-19)26(29)30)24-12-6-7-13-24/h3-5,8-11,14,17H,6-7,12-13,15-16H2,1-2H3. The van der Waals surface area contributed by atoms with Gasteiger partial charge < -0.3 is 14.5 Å². The van der Waals surface area contributed by atoms with Crippen molar-refractivity contribution in [3.8, 4) is 0 Å². The third kappa shape index (κ3) is 5.59. The molecule has 0 radical (unpaired) electrons. The zero-order valence-corrected chi connectivity index (χ0v) is 17.8. The average Bonchev–Trinajstić information content (AvgIpc) is 3.30. The molecule has 1 fully saturated rings. The molecule has 0 aromatic heterocycles. The smallest absolute Gasteiger partial charge is 0.338 e. The first-order valence-corrected chi connectivity index (χ1v) is 10.4. The molecule has 0 atom stereocenters. The van der Waals surface area contributed by atoms with Crippen LogP contribution in [0.15, 0.2) is 48.5 Å². The van der Waals surface area contributed by atoms with E-state index in [1.54, 1.807) is 11.0 Å². The number of nitro groups is 1. The Morgan fingerprint density at radius 2 is 1.81 bits per heavy atom. The molecular weight excluding hydrogens is 398 g/mol. The molecule has 0 spiro atoms. The maximum absolute atomic E-state index is 12.7. The first-order chi connectivity index (χ1) is 14.9. The molecule has 8 heteroatoms. The lowest BCUT2D eigenvalue weighted by Crippen LogP contribution is -2.39. The lowest BCUT2D eigenvalue weighted by Gasteiger charge is -2.26. The van der Waals surface area contributed by atoms with Crippen LogP contribution in [0.3, 0.4) is 0 Å². The molecule has 0 unspecified atom stereocenters. The Balaban J connectivity index is 1.67. The molecule has 1 aliphatic rings. The van der Waals surface area contributed by atoms with Crippen molar-refractivity contribution in [3.63, 3.8) is 0 Å². The number of hydrogen-bond acceptors (Lipinski definition) is 6. The van der Waals surface area contributed by atoms with Crippen LogP contribution in [-0.2, 0) is 16.1 Å². The van der Waals surface area contributed by atoms with Gasteiger partial charge >= 0.3 is 5.97 Å². The second-order valence-electron chi connectivity index (χ2n) is 7.83. The maximum atomic E-state index is 12.7. The Labute approximate surface area is 181 Å². The molecule has 2 aromatic carbocycles. The summed E-state index contributed by atoms with van der Waals surface area (Å²) in [6.07, 6.45) is 1.97. The van der Waals surface area contributed by atoms with Gasteiger partial charge in [0.05, 0.1) is 10.5 Å². The summed E-state index contributed by atoms with van der Waals surface area (Å²) in [6.45, 7) is 5.28. The highest BCUT2D eigenvalue weighted by Gasteiger charge is 2.25. The number of hydrogen-bond donors (Lipinski definition) is 0. The van der Waals surface area contributed by atoms with Crippen molar-refractivity contribution in [1.82, 2.24) is 4.90 Å². The molecule has 2 aromatic rings. The van der Waals surface area contributed by atoms with E-state index in [4.69, 9.17) is 4.74 Å². The van der Waals surface area contributed by atoms with Crippen LogP contribution in [0.5, 0.6) is 0 Å². The van der Waals surface area contributed by atoms with Crippen molar-refractivity contribution in [2.45, 2.75) is 39.3 Å². The molecule has 31 heavy (non-hydrogen) atoms. The number of amides is 1. The molecule has 0 saturated carbocycles. The summed E-state index contributed by atoms with van der Waals surface area (Å²) in [5, 5.41) is 11.5. The van der Waals surface area contributed by atoms with E-state index in [2.05, 4.69) is 0 Å². The Kier molecular flexibility index (Phi) is 7.23. The van der Waals surface area contributed by atoms with Gasteiger partial charge in [-0.15, -0.1) is 0 Å². The third-order valence-corrected chi connectivity index (χ3v) is 5.32. The van der Waals surface area contributed by atoms with E-state index in [1.165, 1.54) is 12.1 Å². The van der Waals surface area contributed by atoms with Gasteiger partial charge in [-0.2, -0.15) is 0 Å². The van der Waals surface area contributed by atoms with Crippen LogP contribution in [0.1, 0.15) is 42.6 Å². The first kappa shape index (κ1) is 22.3. The van der Waals surface area contributed by atoms with Gasteiger partial charge in [0.2, 0.25) is 0 Å². The van der Waals surface area contributed by atoms with Crippen LogP contribution >= 0.6 is 0 Å². The molecule has 0 bridgehead atoms. The molecule has 164 valence electrons. The zero-order valence-electron chi connectivity index (χ0n) is 17.8. The minimum absolute atomic E-state index is 0.0570. The summed E-state index contributed by atoms with van der Waals surface area (Å²) < 4.78 is 5.19. The zero-order chi connectivity index (χ0) is 22.4. The summed E-state index contributed by atoms with van der Waals surface area (Å²) in [6, 6.07) is 13.8. The molecule has 1 saturated heterocycles. The monoisotopic (exact) mass is 425 g/mol. The van der Waals surface area contributed by atoms with E-state index >= 15 is 0 Å². The summed E-state index contributed by atoms with van der Waals surface area (Å²) in [5.41, 5.74) is 1.41. The summed E-state index contributed by atoms with van der Waals surface area (Å²) in [5.74, 6) is -1.08. The van der Waals surface area contributed by atoms with Crippen molar-refractivity contribution in [2.75, 3.05) is 24.6 Å². The second-order valence-corrected chi connectivity index (χ2v) is 7.83. The number of nitro benzene ring substituents is 1. The molecule has 8 nitrogen and oxygen atoms in total. The predicted molar refractivity (Wildman–Crippen MR) is 117 cm³/mol. The van der Waals surface area contributed by atoms with Crippen molar-refractivity contribution in [2.24, 2.45) is 0 Å². The van der Waals surface area contributed by atoms with Crippen LogP contribution in [0, 0.1) is 10.1 Å². The van der Waals surface area contributed by atoms with Crippen LogP contribution < -0.4 is 4.90 Å². The number of rotatable bonds is 8. The average molecular weight is 425 g/mol. The van der Waals surface area contributed by atoms with Gasteiger partial charge in [-0.25, -0.2) is 4.79 Å². The van der Waals surface area contributed by atoms with Gasteiger partial charge in [-0.1, -0.05) is 30.3 Å². The number of benzene rings is 2. The Hall–Kier alpha value is -3.42. The molecular formula is C23H27N3O5. The normalized spacial score (nSPS) is 13.3. The Morgan fingerprint density at radius 3 is 2.42 bits per heavy atom. The molecule has 3 rings (SSSR count). The number of esters is 1. The van der Waals surface area contributed by atoms with Crippen LogP contribution in [0.2, 0.25) is 0 Å². The van der Waals surface area contributed by atoms with E-state index in [0.717, 1.165) is 31.5 Å². The SMILES string of the molecule is CC(C)N(Cc1ccccc1)C(=O)COC(=O)c1ccc(N2CCCC2)c([N+](=O)[O-])c1.